The number of nitrogens with two attached hydrogens (primary N) is 1. The van der Waals surface area contributed by atoms with Crippen LogP contribution in [0, 0.1) is 6.85 Å². The lowest BCUT2D eigenvalue weighted by atomic mass is 10.1. The molecule has 0 aromatic heterocycles. The van der Waals surface area contributed by atoms with Crippen molar-refractivity contribution in [1.82, 2.24) is 0 Å². The predicted molar refractivity (Wildman–Crippen MR) is 78.3 cm³/mol. The summed E-state index contributed by atoms with van der Waals surface area (Å²) in [5, 5.41) is -0.132. The van der Waals surface area contributed by atoms with Crippen LogP contribution < -0.4 is 10.1 Å². The van der Waals surface area contributed by atoms with Gasteiger partial charge in [-0.25, -0.2) is 0 Å². The number of hydrogen-bond donors (Lipinski definition) is 1. The van der Waals surface area contributed by atoms with E-state index >= 15 is 0 Å². The van der Waals surface area contributed by atoms with Crippen LogP contribution in [0.15, 0.2) is 54.4 Å². The van der Waals surface area contributed by atoms with E-state index in [2.05, 4.69) is 0 Å². The fraction of sp³-hybridized carbons (Fsp3) is 0.294. The molecule has 1 atom stereocenters. The van der Waals surface area contributed by atoms with Crippen molar-refractivity contribution >= 4 is 0 Å². The van der Waals surface area contributed by atoms with Crippen LogP contribution in [0.2, 0.25) is 0 Å². The van der Waals surface area contributed by atoms with Gasteiger partial charge in [-0.05, 0) is 24.0 Å². The fourth-order valence-corrected chi connectivity index (χ4v) is 1.08. The van der Waals surface area contributed by atoms with Crippen LogP contribution in [0.25, 0.3) is 0 Å². The Morgan fingerprint density at radius 2 is 2.05 bits per heavy atom. The van der Waals surface area contributed by atoms with Crippen molar-refractivity contribution < 1.29 is 37.5 Å². The van der Waals surface area contributed by atoms with Crippen molar-refractivity contribution in [2.45, 2.75) is 19.3 Å². The Labute approximate surface area is 143 Å². The van der Waals surface area contributed by atoms with Crippen molar-refractivity contribution in [2.24, 2.45) is 0 Å². The van der Waals surface area contributed by atoms with E-state index in [1.165, 1.54) is 0 Å². The van der Waals surface area contributed by atoms with Crippen LogP contribution in [0.1, 0.15) is 51.0 Å². The van der Waals surface area contributed by atoms with Gasteiger partial charge in [0.2, 0.25) is 0 Å². The number of para-hydroxylation sites is 1. The fourth-order valence-electron chi connectivity index (χ4n) is 1.08. The highest BCUT2D eigenvalue weighted by atomic mass is 16.5. The monoisotopic (exact) mass is 276 g/mol. The van der Waals surface area contributed by atoms with Gasteiger partial charge in [-0.2, -0.15) is 0 Å². The number of benzene rings is 2. The maximum absolute atomic E-state index is 8.96. The van der Waals surface area contributed by atoms with Gasteiger partial charge in [0.1, 0.15) is 11.8 Å². The van der Waals surface area contributed by atoms with E-state index in [4.69, 9.17) is 32.2 Å². The minimum atomic E-state index is -4.02. The van der Waals surface area contributed by atoms with Crippen LogP contribution in [-0.4, -0.2) is 13.5 Å². The maximum Gasteiger partial charge on any atom is 0.129 e. The minimum Gasteiger partial charge on any atom is -0.485 e. The molecule has 0 bridgehead atoms. The van der Waals surface area contributed by atoms with Crippen LogP contribution in [-0.2, 0) is 0 Å². The summed E-state index contributed by atoms with van der Waals surface area (Å²) in [6.45, 7) is -10.4. The van der Waals surface area contributed by atoms with E-state index in [9.17, 15) is 0 Å². The summed E-state index contributed by atoms with van der Waals surface area (Å²) >= 11 is 0. The van der Waals surface area contributed by atoms with Gasteiger partial charge in [0, 0.05) is 13.2 Å². The molecule has 2 heteroatoms. The Kier molecular flexibility index (Phi) is 1.13. The quantitative estimate of drug-likeness (QED) is 0.862. The van der Waals surface area contributed by atoms with E-state index in [1.807, 2.05) is 0 Å². The molecule has 0 saturated carbocycles. The van der Waals surface area contributed by atoms with E-state index in [0.29, 0.717) is 0 Å². The Morgan fingerprint density at radius 1 is 1.26 bits per heavy atom. The first-order valence-corrected chi connectivity index (χ1v) is 4.99. The summed E-state index contributed by atoms with van der Waals surface area (Å²) < 4.78 is 165. The van der Waals surface area contributed by atoms with Gasteiger partial charge in [0.05, 0.1) is 34.0 Å². The van der Waals surface area contributed by atoms with Gasteiger partial charge >= 0.3 is 0 Å². The number of quaternary nitrogens is 1. The first-order chi connectivity index (χ1) is 17.2. The predicted octanol–water partition coefficient (Wildman–Crippen LogP) is 2.70. The second-order valence-electron chi connectivity index (χ2n) is 3.05. The number of rotatable bonds is 6. The summed E-state index contributed by atoms with van der Waals surface area (Å²) in [7, 11) is 0. The first kappa shape index (κ1) is 3.09. The van der Waals surface area contributed by atoms with E-state index < -0.39 is 104 Å². The highest BCUT2D eigenvalue weighted by Crippen LogP contribution is 2.26. The van der Waals surface area contributed by atoms with Gasteiger partial charge in [0.15, 0.2) is 0 Å². The lowest BCUT2D eigenvalue weighted by Crippen LogP contribution is -2.79. The van der Waals surface area contributed by atoms with Crippen molar-refractivity contribution in [3.8, 4) is 5.75 Å². The smallest absolute Gasteiger partial charge is 0.129 e. The molecule has 100 valence electrons. The Hall–Kier alpha value is -1.80. The Morgan fingerprint density at radius 3 is 2.84 bits per heavy atom. The standard InChI is InChI=1S/C17H21NO/c1-14-8-6-7-11-16(14)19-17(12-13-18-2)15-9-4-3-5-10-15/h3-11,17-18H,12-13H2,1-2H3/p+1/i1D3,2D3,3D,4D,5D,6D,7D,8D,9D,10D,11D,12D2,13D2,17D. The molecular weight excluding hydrogens is 234 g/mol. The zero-order valence-electron chi connectivity index (χ0n) is 29.5. The normalized spacial score (nSPS) is 31.8. The van der Waals surface area contributed by atoms with E-state index in [1.54, 1.807) is 0 Å². The number of ether oxygens (including phenoxy) is 1. The molecule has 0 spiro atoms. The zero-order chi connectivity index (χ0) is 30.8. The van der Waals surface area contributed by atoms with Crippen LogP contribution in [0.4, 0.5) is 0 Å². The molecule has 2 N–H and O–H groups in total. The largest absolute Gasteiger partial charge is 0.485 e. The maximum atomic E-state index is 8.96. The molecule has 19 heavy (non-hydrogen) atoms. The molecule has 1 unspecified atom stereocenters. The van der Waals surface area contributed by atoms with E-state index in [0.717, 1.165) is 0 Å². The minimum absolute atomic E-state index is 0.132. The molecular formula is C17H22NO+. The number of hydrogen-bond acceptors (Lipinski definition) is 1. The van der Waals surface area contributed by atoms with Crippen molar-refractivity contribution in [3.63, 3.8) is 0 Å². The molecule has 0 aliphatic heterocycles. The Bertz CT molecular complexity index is 1270. The molecule has 0 heterocycles. The molecule has 2 aromatic rings. The Balaban J connectivity index is 3.17. The molecule has 0 amide bonds. The average molecular weight is 276 g/mol. The lowest BCUT2D eigenvalue weighted by Gasteiger charge is -2.20. The van der Waals surface area contributed by atoms with Gasteiger partial charge in [0.25, 0.3) is 0 Å². The van der Waals surface area contributed by atoms with Gasteiger partial charge in [-0.1, -0.05) is 48.3 Å². The third kappa shape index (κ3) is 3.83. The lowest BCUT2D eigenvalue weighted by molar-refractivity contribution is -0.628. The van der Waals surface area contributed by atoms with Crippen molar-refractivity contribution in [2.75, 3.05) is 13.5 Å². The molecule has 0 aliphatic rings. The topological polar surface area (TPSA) is 25.8 Å². The second kappa shape index (κ2) is 6.95. The summed E-state index contributed by atoms with van der Waals surface area (Å²) in [5.41, 5.74) is -2.65. The molecule has 2 rings (SSSR count). The highest BCUT2D eigenvalue weighted by Gasteiger charge is 2.14. The molecule has 0 radical (unpaired) electrons. The van der Waals surface area contributed by atoms with E-state index in [-0.39, 0.29) is 5.32 Å². The zero-order valence-corrected chi connectivity index (χ0v) is 9.49. The van der Waals surface area contributed by atoms with Gasteiger partial charge < -0.3 is 10.1 Å². The van der Waals surface area contributed by atoms with Crippen molar-refractivity contribution in [1.29, 1.82) is 0 Å². The van der Waals surface area contributed by atoms with Gasteiger partial charge in [-0.15, -0.1) is 0 Å². The third-order valence-electron chi connectivity index (χ3n) is 1.84. The molecule has 2 aromatic carbocycles. The third-order valence-corrected chi connectivity index (χ3v) is 1.84. The van der Waals surface area contributed by atoms with Gasteiger partial charge in [-0.3, -0.25) is 0 Å². The summed E-state index contributed by atoms with van der Waals surface area (Å²) in [6.07, 6.45) is -7.96. The SMILES string of the molecule is [2H]c1c([2H])c([2H])c(C([2H])(Oc2c([2H])c([2H])c([2H])c([2H])c2C([2H])([2H])[2H])C([2H])([2H])C([2H])([2H])[NH2+]C([2H])([2H])[2H])c([2H])c1[2H]. The first-order valence-electron chi connectivity index (χ1n) is 15.0. The molecule has 0 saturated heterocycles. The second-order valence-corrected chi connectivity index (χ2v) is 3.05. The average Bonchev–Trinajstić information content (AvgIpc) is 2.75. The highest BCUT2D eigenvalue weighted by molar-refractivity contribution is 5.32. The van der Waals surface area contributed by atoms with Crippen molar-refractivity contribution in [3.05, 3.63) is 65.5 Å². The summed E-state index contributed by atoms with van der Waals surface area (Å²) in [6, 6.07) is -10.5. The molecule has 0 aliphatic carbocycles. The van der Waals surface area contributed by atoms with Crippen LogP contribution >= 0.6 is 0 Å². The molecule has 0 fully saturated rings. The summed E-state index contributed by atoms with van der Waals surface area (Å²) in [5.74, 6) is -1.39. The van der Waals surface area contributed by atoms with Crippen LogP contribution in [0.3, 0.4) is 0 Å². The molecule has 2 nitrogen and oxygen atoms in total. The summed E-state index contributed by atoms with van der Waals surface area (Å²) in [4.78, 5) is 0. The van der Waals surface area contributed by atoms with Crippen LogP contribution in [0.5, 0.6) is 5.75 Å².